The number of hydrogen-bond acceptors (Lipinski definition) is 4. The van der Waals surface area contributed by atoms with Crippen LogP contribution in [-0.4, -0.2) is 44.5 Å². The first-order valence-electron chi connectivity index (χ1n) is 11.3. The molecule has 2 amide bonds. The van der Waals surface area contributed by atoms with E-state index in [2.05, 4.69) is 50.6 Å². The van der Waals surface area contributed by atoms with Crippen LogP contribution >= 0.6 is 0 Å². The summed E-state index contributed by atoms with van der Waals surface area (Å²) in [5.41, 5.74) is 4.96. The average molecular weight is 419 g/mol. The third kappa shape index (κ3) is 4.28. The fourth-order valence-corrected chi connectivity index (χ4v) is 4.73. The van der Waals surface area contributed by atoms with E-state index in [0.29, 0.717) is 11.7 Å². The lowest BCUT2D eigenvalue weighted by Gasteiger charge is -2.46. The van der Waals surface area contributed by atoms with Crippen molar-refractivity contribution in [3.05, 3.63) is 53.6 Å². The van der Waals surface area contributed by atoms with Crippen molar-refractivity contribution in [2.24, 2.45) is 0 Å². The van der Waals surface area contributed by atoms with Crippen molar-refractivity contribution in [1.29, 1.82) is 0 Å². The Kier molecular flexibility index (Phi) is 5.36. The summed E-state index contributed by atoms with van der Waals surface area (Å²) in [5, 5.41) is 6.08. The van der Waals surface area contributed by atoms with Crippen LogP contribution in [0.15, 0.2) is 36.5 Å². The molecule has 7 nitrogen and oxygen atoms in total. The van der Waals surface area contributed by atoms with Crippen molar-refractivity contribution in [2.45, 2.75) is 64.1 Å². The number of pyridine rings is 1. The van der Waals surface area contributed by atoms with Gasteiger partial charge in [-0.2, -0.15) is 0 Å². The second kappa shape index (κ2) is 8.30. The van der Waals surface area contributed by atoms with Gasteiger partial charge in [-0.1, -0.05) is 12.5 Å². The Morgan fingerprint density at radius 3 is 2.77 bits per heavy atom. The molecular formula is C24H30N6O. The van der Waals surface area contributed by atoms with Gasteiger partial charge < -0.3 is 15.6 Å². The van der Waals surface area contributed by atoms with Gasteiger partial charge in [0, 0.05) is 24.3 Å². The van der Waals surface area contributed by atoms with Crippen molar-refractivity contribution < 1.29 is 4.79 Å². The van der Waals surface area contributed by atoms with E-state index in [1.807, 2.05) is 19.1 Å². The molecule has 162 valence electrons. The molecule has 0 bridgehead atoms. The van der Waals surface area contributed by atoms with Gasteiger partial charge in [0.05, 0.1) is 29.0 Å². The Morgan fingerprint density at radius 1 is 1.16 bits per heavy atom. The molecule has 5 rings (SSSR count). The predicted molar refractivity (Wildman–Crippen MR) is 122 cm³/mol. The van der Waals surface area contributed by atoms with E-state index < -0.39 is 0 Å². The number of imidazole rings is 1. The number of fused-ring (bicyclic) bond motifs is 1. The van der Waals surface area contributed by atoms with Crippen LogP contribution in [0.1, 0.15) is 55.2 Å². The lowest BCUT2D eigenvalue weighted by atomic mass is 9.86. The fraction of sp³-hybridized carbons (Fsp3) is 0.458. The van der Waals surface area contributed by atoms with Crippen molar-refractivity contribution in [2.75, 3.05) is 11.9 Å². The smallest absolute Gasteiger partial charge is 0.319 e. The topological polar surface area (TPSA) is 85.9 Å². The number of hydrogen-bond donors (Lipinski definition) is 3. The van der Waals surface area contributed by atoms with Crippen molar-refractivity contribution in [3.8, 4) is 0 Å². The van der Waals surface area contributed by atoms with Crippen molar-refractivity contribution in [3.63, 3.8) is 0 Å². The normalized spacial score (nSPS) is 22.3. The average Bonchev–Trinajstić information content (AvgIpc) is 3.12. The van der Waals surface area contributed by atoms with Gasteiger partial charge in [-0.25, -0.2) is 9.78 Å². The highest BCUT2D eigenvalue weighted by molar-refractivity contribution is 5.89. The maximum absolute atomic E-state index is 12.6. The molecule has 2 aliphatic rings. The molecule has 2 unspecified atom stereocenters. The SMILES string of the molecule is Cc1ccc2nc(C3CC(NC(=O)Nc4ccc(C)nc4)CCN3C3CCC3)[nH]c2c1. The summed E-state index contributed by atoms with van der Waals surface area (Å²) in [5.74, 6) is 1.02. The van der Waals surface area contributed by atoms with E-state index in [1.165, 1.54) is 24.8 Å². The zero-order chi connectivity index (χ0) is 21.4. The zero-order valence-corrected chi connectivity index (χ0v) is 18.2. The maximum atomic E-state index is 12.6. The van der Waals surface area contributed by atoms with E-state index in [1.54, 1.807) is 6.20 Å². The van der Waals surface area contributed by atoms with E-state index >= 15 is 0 Å². The predicted octanol–water partition coefficient (Wildman–Crippen LogP) is 4.45. The Morgan fingerprint density at radius 2 is 2.03 bits per heavy atom. The summed E-state index contributed by atoms with van der Waals surface area (Å²) < 4.78 is 0. The first-order chi connectivity index (χ1) is 15.0. The van der Waals surface area contributed by atoms with E-state index in [4.69, 9.17) is 4.98 Å². The molecule has 3 N–H and O–H groups in total. The van der Waals surface area contributed by atoms with Gasteiger partial charge in [0.1, 0.15) is 5.82 Å². The van der Waals surface area contributed by atoms with Crippen molar-refractivity contribution in [1.82, 2.24) is 25.2 Å². The van der Waals surface area contributed by atoms with Gasteiger partial charge in [0.15, 0.2) is 0 Å². The molecule has 1 saturated carbocycles. The Bertz CT molecular complexity index is 1070. The van der Waals surface area contributed by atoms with Crippen LogP contribution in [0.5, 0.6) is 0 Å². The summed E-state index contributed by atoms with van der Waals surface area (Å²) in [7, 11) is 0. The lowest BCUT2D eigenvalue weighted by Crippen LogP contribution is -2.52. The van der Waals surface area contributed by atoms with Gasteiger partial charge in [-0.3, -0.25) is 9.88 Å². The summed E-state index contributed by atoms with van der Waals surface area (Å²) in [6.45, 7) is 5.01. The number of aryl methyl sites for hydroxylation is 2. The number of benzene rings is 1. The molecule has 1 aromatic carbocycles. The standard InChI is InChI=1S/C24H30N6O/c1-15-6-9-20-21(12-15)29-23(28-20)22-13-17(10-11-30(22)19-4-3-5-19)26-24(31)27-18-8-7-16(2)25-14-18/h6-9,12,14,17,19,22H,3-5,10-11,13H2,1-2H3,(H,28,29)(H2,26,27,31). The number of nitrogens with one attached hydrogen (secondary N) is 3. The number of carbonyl (C=O) groups excluding carboxylic acids is 1. The molecule has 1 aliphatic carbocycles. The quantitative estimate of drug-likeness (QED) is 0.584. The van der Waals surface area contributed by atoms with Gasteiger partial charge in [0.25, 0.3) is 0 Å². The summed E-state index contributed by atoms with van der Waals surface area (Å²) in [4.78, 5) is 27.9. The molecule has 2 fully saturated rings. The Balaban J connectivity index is 1.31. The highest BCUT2D eigenvalue weighted by Crippen LogP contribution is 2.38. The highest BCUT2D eigenvalue weighted by atomic mass is 16.2. The molecule has 1 saturated heterocycles. The molecule has 3 heterocycles. The summed E-state index contributed by atoms with van der Waals surface area (Å²) in [6.07, 6.45) is 7.32. The van der Waals surface area contributed by atoms with Crippen LogP contribution in [0, 0.1) is 13.8 Å². The second-order valence-corrected chi connectivity index (χ2v) is 8.99. The number of nitrogens with zero attached hydrogens (tertiary/aromatic N) is 3. The number of aromatic amines is 1. The van der Waals surface area contributed by atoms with E-state index in [0.717, 1.165) is 41.9 Å². The lowest BCUT2D eigenvalue weighted by molar-refractivity contribution is 0.0374. The zero-order valence-electron chi connectivity index (χ0n) is 18.2. The number of H-pyrrole nitrogens is 1. The van der Waals surface area contributed by atoms with Gasteiger partial charge in [-0.15, -0.1) is 0 Å². The molecular weight excluding hydrogens is 388 g/mol. The minimum Gasteiger partial charge on any atom is -0.341 e. The van der Waals surface area contributed by atoms with E-state index in [-0.39, 0.29) is 18.1 Å². The molecule has 3 aromatic rings. The summed E-state index contributed by atoms with van der Waals surface area (Å²) >= 11 is 0. The van der Waals surface area contributed by atoms with Crippen LogP contribution in [0.3, 0.4) is 0 Å². The molecule has 1 aliphatic heterocycles. The third-order valence-electron chi connectivity index (χ3n) is 6.66. The van der Waals surface area contributed by atoms with Gasteiger partial charge in [-0.05, 0) is 69.4 Å². The van der Waals surface area contributed by atoms with E-state index in [9.17, 15) is 4.79 Å². The fourth-order valence-electron chi connectivity index (χ4n) is 4.73. The number of carbonyl (C=O) groups is 1. The summed E-state index contributed by atoms with van der Waals surface area (Å²) in [6, 6.07) is 10.9. The molecule has 0 spiro atoms. The number of amides is 2. The van der Waals surface area contributed by atoms with Gasteiger partial charge >= 0.3 is 6.03 Å². The monoisotopic (exact) mass is 418 g/mol. The van der Waals surface area contributed by atoms with Gasteiger partial charge in [0.2, 0.25) is 0 Å². The largest absolute Gasteiger partial charge is 0.341 e. The first-order valence-corrected chi connectivity index (χ1v) is 11.3. The third-order valence-corrected chi connectivity index (χ3v) is 6.66. The van der Waals surface area contributed by atoms with Crippen LogP contribution < -0.4 is 10.6 Å². The number of aromatic nitrogens is 3. The van der Waals surface area contributed by atoms with Crippen LogP contribution in [0.4, 0.5) is 10.5 Å². The number of rotatable bonds is 4. The number of urea groups is 1. The molecule has 2 atom stereocenters. The van der Waals surface area contributed by atoms with Crippen LogP contribution in [0.25, 0.3) is 11.0 Å². The minimum absolute atomic E-state index is 0.106. The Hall–Kier alpha value is -2.93. The first kappa shape index (κ1) is 20.0. The number of piperidine rings is 1. The highest BCUT2D eigenvalue weighted by Gasteiger charge is 2.38. The van der Waals surface area contributed by atoms with Crippen molar-refractivity contribution >= 4 is 22.8 Å². The number of likely N-dealkylation sites (tertiary alicyclic amines) is 1. The molecule has 31 heavy (non-hydrogen) atoms. The van der Waals surface area contributed by atoms with Crippen LogP contribution in [-0.2, 0) is 0 Å². The molecule has 0 radical (unpaired) electrons. The molecule has 2 aromatic heterocycles. The minimum atomic E-state index is -0.174. The second-order valence-electron chi connectivity index (χ2n) is 8.99. The maximum Gasteiger partial charge on any atom is 0.319 e. The number of anilines is 1. The van der Waals surface area contributed by atoms with Crippen LogP contribution in [0.2, 0.25) is 0 Å². The Labute approximate surface area is 182 Å². The molecule has 7 heteroatoms.